The number of nitrogens with one attached hydrogen (secondary N) is 1. The van der Waals surface area contributed by atoms with Crippen molar-refractivity contribution in [3.05, 3.63) is 38.5 Å². The van der Waals surface area contributed by atoms with E-state index in [2.05, 4.69) is 34.1 Å². The first-order valence-corrected chi connectivity index (χ1v) is 6.68. The van der Waals surface area contributed by atoms with Crippen molar-refractivity contribution in [3.8, 4) is 0 Å². The van der Waals surface area contributed by atoms with E-state index >= 15 is 0 Å². The highest BCUT2D eigenvalue weighted by Crippen LogP contribution is 2.20. The van der Waals surface area contributed by atoms with Gasteiger partial charge in [-0.3, -0.25) is 0 Å². The predicted octanol–water partition coefficient (Wildman–Crippen LogP) is 3.36. The Labute approximate surface area is 98.0 Å². The molecule has 2 aromatic rings. The van der Waals surface area contributed by atoms with Gasteiger partial charge >= 0.3 is 0 Å². The van der Waals surface area contributed by atoms with Gasteiger partial charge in [-0.2, -0.15) is 11.3 Å². The lowest BCUT2D eigenvalue weighted by molar-refractivity contribution is 0.583. The molecule has 15 heavy (non-hydrogen) atoms. The zero-order valence-corrected chi connectivity index (χ0v) is 10.5. The topological polar surface area (TPSA) is 24.9 Å². The van der Waals surface area contributed by atoms with Gasteiger partial charge in [0.25, 0.3) is 0 Å². The molecule has 4 heteroatoms. The Hall–Kier alpha value is -0.710. The van der Waals surface area contributed by atoms with E-state index < -0.39 is 0 Å². The summed E-state index contributed by atoms with van der Waals surface area (Å²) in [6.45, 7) is 5.15. The van der Waals surface area contributed by atoms with Crippen LogP contribution in [0.5, 0.6) is 0 Å². The molecule has 1 N–H and O–H groups in total. The van der Waals surface area contributed by atoms with E-state index in [9.17, 15) is 0 Å². The number of hydrogen-bond acceptors (Lipinski definition) is 4. The van der Waals surface area contributed by atoms with Crippen molar-refractivity contribution in [1.82, 2.24) is 10.3 Å². The predicted molar refractivity (Wildman–Crippen MR) is 66.4 cm³/mol. The van der Waals surface area contributed by atoms with Gasteiger partial charge in [-0.25, -0.2) is 4.98 Å². The number of thiazole rings is 1. The van der Waals surface area contributed by atoms with Gasteiger partial charge < -0.3 is 5.32 Å². The second-order valence-corrected chi connectivity index (χ2v) is 5.56. The van der Waals surface area contributed by atoms with Crippen LogP contribution < -0.4 is 5.32 Å². The molecule has 0 aliphatic rings. The maximum atomic E-state index is 4.26. The zero-order chi connectivity index (χ0) is 10.7. The van der Waals surface area contributed by atoms with Crippen LogP contribution in [-0.4, -0.2) is 4.98 Å². The fraction of sp³-hybridized carbons (Fsp3) is 0.364. The molecule has 0 aliphatic carbocycles. The summed E-state index contributed by atoms with van der Waals surface area (Å²) in [5, 5.41) is 8.91. The van der Waals surface area contributed by atoms with Crippen molar-refractivity contribution in [2.75, 3.05) is 0 Å². The number of thiophene rings is 1. The minimum atomic E-state index is 0.385. The van der Waals surface area contributed by atoms with E-state index in [1.807, 2.05) is 13.1 Å². The molecule has 0 aromatic carbocycles. The molecule has 80 valence electrons. The van der Waals surface area contributed by atoms with Crippen LogP contribution in [0.3, 0.4) is 0 Å². The third kappa shape index (κ3) is 2.87. The highest BCUT2D eigenvalue weighted by atomic mass is 32.1. The molecule has 0 radical (unpaired) electrons. The number of hydrogen-bond donors (Lipinski definition) is 1. The molecule has 0 bridgehead atoms. The van der Waals surface area contributed by atoms with Crippen LogP contribution >= 0.6 is 22.7 Å². The SMILES string of the molecule is Cc1ncc(C(C)NCc2ccsc2)s1. The van der Waals surface area contributed by atoms with Gasteiger partial charge in [0.05, 0.1) is 5.01 Å². The quantitative estimate of drug-likeness (QED) is 0.883. The zero-order valence-electron chi connectivity index (χ0n) is 8.86. The summed E-state index contributed by atoms with van der Waals surface area (Å²) >= 11 is 3.50. The average molecular weight is 238 g/mol. The molecular weight excluding hydrogens is 224 g/mol. The molecule has 2 rings (SSSR count). The van der Waals surface area contributed by atoms with Crippen LogP contribution in [0, 0.1) is 6.92 Å². The van der Waals surface area contributed by atoms with Crippen LogP contribution in [0.25, 0.3) is 0 Å². The summed E-state index contributed by atoms with van der Waals surface area (Å²) in [5.41, 5.74) is 1.35. The Morgan fingerprint density at radius 2 is 2.40 bits per heavy atom. The second kappa shape index (κ2) is 4.88. The van der Waals surface area contributed by atoms with Crippen LogP contribution in [0.4, 0.5) is 0 Å². The first kappa shape index (κ1) is 10.8. The second-order valence-electron chi connectivity index (χ2n) is 3.52. The van der Waals surface area contributed by atoms with Crippen molar-refractivity contribution in [2.24, 2.45) is 0 Å². The summed E-state index contributed by atoms with van der Waals surface area (Å²) in [6, 6.07) is 2.54. The number of aromatic nitrogens is 1. The van der Waals surface area contributed by atoms with Gasteiger partial charge in [0, 0.05) is 23.7 Å². The molecule has 2 aromatic heterocycles. The van der Waals surface area contributed by atoms with Crippen molar-refractivity contribution < 1.29 is 0 Å². The van der Waals surface area contributed by atoms with E-state index in [0.29, 0.717) is 6.04 Å². The van der Waals surface area contributed by atoms with Crippen molar-refractivity contribution >= 4 is 22.7 Å². The highest BCUT2D eigenvalue weighted by Gasteiger charge is 2.07. The summed E-state index contributed by atoms with van der Waals surface area (Å²) in [7, 11) is 0. The van der Waals surface area contributed by atoms with Crippen LogP contribution in [-0.2, 0) is 6.54 Å². The first-order valence-electron chi connectivity index (χ1n) is 4.92. The fourth-order valence-corrected chi connectivity index (χ4v) is 2.82. The minimum Gasteiger partial charge on any atom is -0.305 e. The maximum absolute atomic E-state index is 4.26. The largest absolute Gasteiger partial charge is 0.305 e. The van der Waals surface area contributed by atoms with E-state index in [-0.39, 0.29) is 0 Å². The molecule has 2 nitrogen and oxygen atoms in total. The Bertz CT molecular complexity index is 406. The van der Waals surface area contributed by atoms with Crippen molar-refractivity contribution in [3.63, 3.8) is 0 Å². The van der Waals surface area contributed by atoms with Crippen molar-refractivity contribution in [1.29, 1.82) is 0 Å². The molecule has 0 amide bonds. The lowest BCUT2D eigenvalue weighted by Crippen LogP contribution is -2.16. The van der Waals surface area contributed by atoms with Gasteiger partial charge in [0.15, 0.2) is 0 Å². The molecular formula is C11H14N2S2. The Morgan fingerprint density at radius 1 is 1.53 bits per heavy atom. The number of aryl methyl sites for hydroxylation is 1. The molecule has 0 spiro atoms. The Morgan fingerprint density at radius 3 is 3.00 bits per heavy atom. The molecule has 0 fully saturated rings. The standard InChI is InChI=1S/C11H14N2S2/c1-8(11-6-13-9(2)15-11)12-5-10-3-4-14-7-10/h3-4,6-8,12H,5H2,1-2H3. The average Bonchev–Trinajstić information content (AvgIpc) is 2.84. The third-order valence-corrected chi connectivity index (χ3v) is 4.09. The monoisotopic (exact) mass is 238 g/mol. The third-order valence-electron chi connectivity index (χ3n) is 2.26. The van der Waals surface area contributed by atoms with Gasteiger partial charge in [0.2, 0.25) is 0 Å². The molecule has 0 saturated heterocycles. The van der Waals surface area contributed by atoms with Crippen LogP contribution in [0.1, 0.15) is 28.4 Å². The molecule has 1 unspecified atom stereocenters. The lowest BCUT2D eigenvalue weighted by Gasteiger charge is -2.10. The first-order chi connectivity index (χ1) is 7.25. The summed E-state index contributed by atoms with van der Waals surface area (Å²) in [4.78, 5) is 5.57. The normalized spacial score (nSPS) is 12.9. The maximum Gasteiger partial charge on any atom is 0.0897 e. The Balaban J connectivity index is 1.90. The Kier molecular flexibility index (Phi) is 3.51. The summed E-state index contributed by atoms with van der Waals surface area (Å²) in [6.07, 6.45) is 1.96. The number of nitrogens with zero attached hydrogens (tertiary/aromatic N) is 1. The molecule has 0 aliphatic heterocycles. The smallest absolute Gasteiger partial charge is 0.0897 e. The lowest BCUT2D eigenvalue weighted by atomic mass is 10.2. The minimum absolute atomic E-state index is 0.385. The van der Waals surface area contributed by atoms with Gasteiger partial charge in [-0.1, -0.05) is 0 Å². The fourth-order valence-electron chi connectivity index (χ4n) is 1.34. The van der Waals surface area contributed by atoms with Crippen LogP contribution in [0.2, 0.25) is 0 Å². The van der Waals surface area contributed by atoms with Gasteiger partial charge in [0.1, 0.15) is 0 Å². The van der Waals surface area contributed by atoms with E-state index in [4.69, 9.17) is 0 Å². The van der Waals surface area contributed by atoms with Gasteiger partial charge in [-0.15, -0.1) is 11.3 Å². The number of rotatable bonds is 4. The van der Waals surface area contributed by atoms with E-state index in [1.165, 1.54) is 10.4 Å². The molecule has 2 heterocycles. The van der Waals surface area contributed by atoms with E-state index in [1.54, 1.807) is 22.7 Å². The van der Waals surface area contributed by atoms with E-state index in [0.717, 1.165) is 11.6 Å². The van der Waals surface area contributed by atoms with Crippen molar-refractivity contribution in [2.45, 2.75) is 26.4 Å². The molecule has 0 saturated carbocycles. The molecule has 1 atom stereocenters. The highest BCUT2D eigenvalue weighted by molar-refractivity contribution is 7.11. The van der Waals surface area contributed by atoms with Crippen LogP contribution in [0.15, 0.2) is 23.0 Å². The summed E-state index contributed by atoms with van der Waals surface area (Å²) < 4.78 is 0. The summed E-state index contributed by atoms with van der Waals surface area (Å²) in [5.74, 6) is 0. The van der Waals surface area contributed by atoms with Gasteiger partial charge in [-0.05, 0) is 36.2 Å².